The molecule has 0 radical (unpaired) electrons. The number of esters is 1. The number of likely N-dealkylation sites (N-methyl/N-ethyl adjacent to an activating group) is 2. The Balaban J connectivity index is 1.22. The number of carbonyl (C=O) groups excluding carboxylic acids is 2. The van der Waals surface area contributed by atoms with Gasteiger partial charge in [-0.25, -0.2) is 9.18 Å². The molecule has 0 saturated carbocycles. The van der Waals surface area contributed by atoms with Crippen molar-refractivity contribution in [1.82, 2.24) is 25.8 Å². The maximum absolute atomic E-state index is 14.7. The highest BCUT2D eigenvalue weighted by molar-refractivity contribution is 5.90. The monoisotopic (exact) mass is 1040 g/mol. The van der Waals surface area contributed by atoms with Crippen LogP contribution in [-0.2, 0) is 38.0 Å². The van der Waals surface area contributed by atoms with Gasteiger partial charge in [0.25, 0.3) is 0 Å². The van der Waals surface area contributed by atoms with Crippen LogP contribution in [0.4, 0.5) is 14.9 Å². The van der Waals surface area contributed by atoms with Crippen LogP contribution in [0.3, 0.4) is 0 Å². The third-order valence-electron chi connectivity index (χ3n) is 16.2. The second-order valence-corrected chi connectivity index (χ2v) is 22.5. The minimum Gasteiger partial charge on any atom is -0.459 e. The largest absolute Gasteiger partial charge is 0.459 e. The molecule has 5 heterocycles. The molecule has 5 aliphatic rings. The number of halogens is 1. The van der Waals surface area contributed by atoms with E-state index in [0.717, 1.165) is 11.3 Å². The van der Waals surface area contributed by atoms with Crippen LogP contribution in [0.5, 0.6) is 0 Å². The Morgan fingerprint density at radius 1 is 0.959 bits per heavy atom. The summed E-state index contributed by atoms with van der Waals surface area (Å²) in [6.07, 6.45) is -8.06. The van der Waals surface area contributed by atoms with E-state index < -0.39 is 120 Å². The van der Waals surface area contributed by atoms with Crippen LogP contribution in [0, 0.1) is 30.5 Å². The van der Waals surface area contributed by atoms with E-state index in [2.05, 4.69) is 11.0 Å². The summed E-state index contributed by atoms with van der Waals surface area (Å²) in [7, 11) is 5.23. The van der Waals surface area contributed by atoms with Crippen LogP contribution in [0.15, 0.2) is 30.1 Å². The van der Waals surface area contributed by atoms with E-state index in [9.17, 15) is 39.5 Å². The molecule has 19 atom stereocenters. The second-order valence-electron chi connectivity index (χ2n) is 22.5. The topological polar surface area (TPSA) is 237 Å². The number of carbonyl (C=O) groups is 2. The van der Waals surface area contributed by atoms with Crippen LogP contribution in [0.2, 0.25) is 0 Å². The molecule has 7 N–H and O–H groups in total. The first kappa shape index (κ1) is 59.0. The molecular formula is C52H87FN6O14. The van der Waals surface area contributed by atoms with Gasteiger partial charge in [-0.05, 0) is 112 Å². The molecule has 416 valence electrons. The minimum absolute atomic E-state index is 0.0870. The number of hydrazine groups is 2. The third kappa shape index (κ3) is 13.5. The zero-order valence-corrected chi connectivity index (χ0v) is 45.5. The molecule has 0 spiro atoms. The van der Waals surface area contributed by atoms with Gasteiger partial charge in [-0.1, -0.05) is 26.8 Å². The summed E-state index contributed by atoms with van der Waals surface area (Å²) in [6, 6.07) is 3.66. The van der Waals surface area contributed by atoms with Crippen molar-refractivity contribution >= 4 is 17.7 Å². The Morgan fingerprint density at radius 3 is 2.32 bits per heavy atom. The molecule has 20 nitrogen and oxygen atoms in total. The zero-order valence-electron chi connectivity index (χ0n) is 45.5. The van der Waals surface area contributed by atoms with Gasteiger partial charge in [-0.3, -0.25) is 14.7 Å². The molecule has 1 aromatic rings. The van der Waals surface area contributed by atoms with Crippen molar-refractivity contribution in [2.24, 2.45) is 17.8 Å². The van der Waals surface area contributed by atoms with Crippen molar-refractivity contribution in [3.8, 4) is 0 Å². The average Bonchev–Trinajstić information content (AvgIpc) is 3.93. The maximum Gasteiger partial charge on any atom is 0.414 e. The summed E-state index contributed by atoms with van der Waals surface area (Å²) >= 11 is 0. The van der Waals surface area contributed by atoms with Crippen LogP contribution in [0.1, 0.15) is 107 Å². The van der Waals surface area contributed by atoms with E-state index in [1.165, 1.54) is 25.0 Å². The smallest absolute Gasteiger partial charge is 0.414 e. The number of ether oxygens (including phenoxy) is 7. The summed E-state index contributed by atoms with van der Waals surface area (Å²) in [4.78, 5) is 32.5. The fourth-order valence-corrected chi connectivity index (χ4v) is 11.6. The Morgan fingerprint density at radius 2 is 1.66 bits per heavy atom. The highest BCUT2D eigenvalue weighted by atomic mass is 19.1. The number of rotatable bonds is 13. The van der Waals surface area contributed by atoms with Gasteiger partial charge in [-0.2, -0.15) is 0 Å². The lowest BCUT2D eigenvalue weighted by Crippen LogP contribution is -2.61. The van der Waals surface area contributed by atoms with Crippen LogP contribution >= 0.6 is 0 Å². The van der Waals surface area contributed by atoms with Crippen molar-refractivity contribution in [3.05, 3.63) is 41.5 Å². The average molecular weight is 1040 g/mol. The maximum atomic E-state index is 14.7. The van der Waals surface area contributed by atoms with Crippen LogP contribution in [0.25, 0.3) is 0 Å². The number of anilines is 1. The summed E-state index contributed by atoms with van der Waals surface area (Å²) in [6.45, 7) is 20.6. The molecule has 5 aliphatic heterocycles. The van der Waals surface area contributed by atoms with Crippen molar-refractivity contribution < 1.29 is 72.7 Å². The Kier molecular flexibility index (Phi) is 19.3. The van der Waals surface area contributed by atoms with Gasteiger partial charge < -0.3 is 73.9 Å². The van der Waals surface area contributed by atoms with Crippen LogP contribution in [-0.4, -0.2) is 196 Å². The summed E-state index contributed by atoms with van der Waals surface area (Å²) in [5, 5.41) is 61.5. The SMILES string of the molecule is CC[C@H]1OC(=O)[C@H](C)[C@@H](O[C@H]2C[C@@](C)(OC)[C@@H](O)[C@H](C)O2)[C@H](C)[C@@H](O[C@@H]2O[C@H](C)C[C@H](N(C)CCC3=CN(C[C@H]4CN(c5ccc(C)cc5F)C(=O)O4)NN3)[C@H]2O)[C@](C)(O)C[C@@H](C)CN(C)[C@H](C)[C@@H](O)[C@]1(C)O. The second kappa shape index (κ2) is 23.9. The normalized spacial score (nSPS) is 41.7. The van der Waals surface area contributed by atoms with Crippen molar-refractivity contribution in [1.29, 1.82) is 0 Å². The van der Waals surface area contributed by atoms with E-state index in [1.54, 1.807) is 72.5 Å². The summed E-state index contributed by atoms with van der Waals surface area (Å²) < 4.78 is 58.6. The number of cyclic esters (lactones) is 2. The molecular weight excluding hydrogens is 952 g/mol. The molecule has 0 aliphatic carbocycles. The number of amides is 1. The van der Waals surface area contributed by atoms with E-state index in [0.29, 0.717) is 32.5 Å². The first-order valence-electron chi connectivity index (χ1n) is 26.1. The number of aryl methyl sites for hydroxylation is 1. The van der Waals surface area contributed by atoms with Crippen molar-refractivity contribution in [2.45, 2.75) is 205 Å². The molecule has 73 heavy (non-hydrogen) atoms. The first-order valence-corrected chi connectivity index (χ1v) is 26.1. The Hall–Kier alpha value is -3.29. The van der Waals surface area contributed by atoms with Gasteiger partial charge in [0.15, 0.2) is 12.6 Å². The lowest BCUT2D eigenvalue weighted by atomic mass is 9.77. The highest BCUT2D eigenvalue weighted by Crippen LogP contribution is 2.40. The number of hydrogen-bond donors (Lipinski definition) is 7. The van der Waals surface area contributed by atoms with E-state index in [1.807, 2.05) is 43.9 Å². The lowest BCUT2D eigenvalue weighted by molar-refractivity contribution is -0.318. The third-order valence-corrected chi connectivity index (χ3v) is 16.2. The molecule has 0 bridgehead atoms. The van der Waals surface area contributed by atoms with Crippen molar-refractivity contribution in [3.63, 3.8) is 0 Å². The number of nitrogens with one attached hydrogen (secondary N) is 2. The summed E-state index contributed by atoms with van der Waals surface area (Å²) in [5.41, 5.74) is 3.44. The van der Waals surface area contributed by atoms with Crippen molar-refractivity contribution in [2.75, 3.05) is 52.3 Å². The van der Waals surface area contributed by atoms with Gasteiger partial charge in [0, 0.05) is 62.9 Å². The first-order chi connectivity index (χ1) is 34.1. The van der Waals surface area contributed by atoms with Gasteiger partial charge in [0.1, 0.15) is 41.9 Å². The quantitative estimate of drug-likeness (QED) is 0.140. The molecule has 6 rings (SSSR count). The lowest BCUT2D eigenvalue weighted by Gasteiger charge is -2.49. The summed E-state index contributed by atoms with van der Waals surface area (Å²) in [5.74, 6) is -3.34. The van der Waals surface area contributed by atoms with Gasteiger partial charge in [0.2, 0.25) is 0 Å². The molecule has 21 heteroatoms. The molecule has 0 unspecified atom stereocenters. The van der Waals surface area contributed by atoms with E-state index >= 15 is 0 Å². The van der Waals surface area contributed by atoms with E-state index in [4.69, 9.17) is 33.2 Å². The van der Waals surface area contributed by atoms with Gasteiger partial charge in [0.05, 0.1) is 60.3 Å². The Labute approximate surface area is 431 Å². The fraction of sp³-hybridized carbons (Fsp3) is 0.808. The number of nitrogens with zero attached hydrogens (tertiary/aromatic N) is 4. The molecule has 1 amide bonds. The number of methoxy groups -OCH3 is 1. The molecule has 0 aromatic heterocycles. The van der Waals surface area contributed by atoms with Crippen LogP contribution < -0.4 is 15.9 Å². The van der Waals surface area contributed by atoms with E-state index in [-0.39, 0.29) is 43.5 Å². The Bertz CT molecular complexity index is 2060. The zero-order chi connectivity index (χ0) is 54.1. The predicted molar refractivity (Wildman–Crippen MR) is 268 cm³/mol. The fourth-order valence-electron chi connectivity index (χ4n) is 11.6. The molecule has 4 fully saturated rings. The number of benzene rings is 1. The number of aliphatic hydroxyl groups is 5. The molecule has 4 saturated heterocycles. The number of aliphatic hydroxyl groups excluding tert-OH is 3. The standard InChI is InChI=1S/C52H87FN6O14/c1-15-40-52(11,66)44(61)33(7)57(13)24-29(3)22-50(9,65)46(31(5)43(32(6)47(63)71-40)72-41-23-51(10,67-14)45(62)34(8)69-41)73-48-42(60)39(21-30(4)68-48)56(12)19-18-35-25-58(55-54-35)26-36-27-59(49(64)70-36)38-17-16-28(2)20-37(38)53/h16-17,20,25,29-34,36,39-46,48,54-55,60-62,65-66H,15,18-19,21-24,26-27H2,1-14H3/t29-,30-,31+,32-,33-,34+,36+,39+,40-,41+,42-,43+,44-,45+,46-,48+,50-,51-,52-/m1/s1. The minimum atomic E-state index is -1.85. The highest BCUT2D eigenvalue weighted by Gasteiger charge is 2.53. The predicted octanol–water partition coefficient (Wildman–Crippen LogP) is 3.30. The molecule has 1 aromatic carbocycles. The number of hydrogen-bond acceptors (Lipinski definition) is 19. The van der Waals surface area contributed by atoms with Gasteiger partial charge in [-0.15, -0.1) is 5.53 Å². The van der Waals surface area contributed by atoms with Gasteiger partial charge >= 0.3 is 12.1 Å².